The number of benzene rings is 2. The van der Waals surface area contributed by atoms with Crippen LogP contribution in [0.3, 0.4) is 0 Å². The van der Waals surface area contributed by atoms with Gasteiger partial charge in [0.1, 0.15) is 0 Å². The molecule has 2 aromatic rings. The van der Waals surface area contributed by atoms with Gasteiger partial charge in [-0.3, -0.25) is 4.99 Å². The lowest BCUT2D eigenvalue weighted by Gasteiger charge is -2.17. The van der Waals surface area contributed by atoms with Crippen LogP contribution in [-0.2, 0) is 0 Å². The first kappa shape index (κ1) is 17.8. The second kappa shape index (κ2) is 7.50. The number of ether oxygens (including phenoxy) is 1. The van der Waals surface area contributed by atoms with E-state index in [9.17, 15) is 4.39 Å². The minimum absolute atomic E-state index is 0.128. The Morgan fingerprint density at radius 1 is 1.32 bits per heavy atom. The van der Waals surface area contributed by atoms with Crippen LogP contribution in [0.15, 0.2) is 41.4 Å². The first-order valence-electron chi connectivity index (χ1n) is 8.01. The van der Waals surface area contributed by atoms with Gasteiger partial charge in [-0.2, -0.15) is 0 Å². The summed E-state index contributed by atoms with van der Waals surface area (Å²) >= 11 is 11.4. The average molecular weight is 377 g/mol. The average Bonchev–Trinajstić information content (AvgIpc) is 2.74. The fraction of sp³-hybridized carbons (Fsp3) is 0.263. The van der Waals surface area contributed by atoms with Crippen molar-refractivity contribution >= 4 is 40.6 Å². The molecule has 6 heteroatoms. The molecule has 1 unspecified atom stereocenters. The lowest BCUT2D eigenvalue weighted by molar-refractivity contribution is 0.231. The number of aliphatic imine (C=N–C) groups is 1. The predicted molar refractivity (Wildman–Crippen MR) is 105 cm³/mol. The number of nitrogens with zero attached hydrogens (tertiary/aromatic N) is 1. The second-order valence-electron chi connectivity index (χ2n) is 6.05. The van der Waals surface area contributed by atoms with Gasteiger partial charge in [0.15, 0.2) is 11.6 Å². The third-order valence-corrected chi connectivity index (χ3v) is 4.43. The molecule has 0 spiro atoms. The van der Waals surface area contributed by atoms with Gasteiger partial charge in [0.2, 0.25) is 0 Å². The standard InChI is InChI=1S/C19H18ClFN2OS/c1-11(2)24-18-8-17-14(7-16(18)21)19(22-9-12(10-25)23-17)13-5-3-4-6-15(13)20/h3-8,10-12,23H,9H2,1-2H3. The van der Waals surface area contributed by atoms with Crippen molar-refractivity contribution in [3.05, 3.63) is 58.4 Å². The van der Waals surface area contributed by atoms with Crippen molar-refractivity contribution < 1.29 is 9.13 Å². The lowest BCUT2D eigenvalue weighted by Crippen LogP contribution is -2.22. The summed E-state index contributed by atoms with van der Waals surface area (Å²) in [7, 11) is 0. The zero-order chi connectivity index (χ0) is 18.0. The van der Waals surface area contributed by atoms with Gasteiger partial charge >= 0.3 is 0 Å². The van der Waals surface area contributed by atoms with Crippen LogP contribution >= 0.6 is 23.8 Å². The van der Waals surface area contributed by atoms with Gasteiger partial charge < -0.3 is 10.1 Å². The van der Waals surface area contributed by atoms with Crippen molar-refractivity contribution in [1.82, 2.24) is 0 Å². The molecule has 0 saturated heterocycles. The number of nitrogens with one attached hydrogen (secondary N) is 1. The number of halogens is 2. The molecule has 0 aromatic heterocycles. The number of hydrogen-bond donors (Lipinski definition) is 1. The Morgan fingerprint density at radius 3 is 2.76 bits per heavy atom. The third kappa shape index (κ3) is 3.83. The molecule has 130 valence electrons. The summed E-state index contributed by atoms with van der Waals surface area (Å²) in [6.07, 6.45) is -0.128. The number of benzodiazepines with no additional fused rings is 1. The first-order valence-corrected chi connectivity index (χ1v) is 8.86. The number of hydrogen-bond acceptors (Lipinski definition) is 4. The summed E-state index contributed by atoms with van der Waals surface area (Å²) in [5.41, 5.74) is 2.76. The number of anilines is 1. The monoisotopic (exact) mass is 376 g/mol. The quantitative estimate of drug-likeness (QED) is 0.771. The van der Waals surface area contributed by atoms with Gasteiger partial charge in [0, 0.05) is 33.3 Å². The van der Waals surface area contributed by atoms with E-state index in [1.807, 2.05) is 32.0 Å². The van der Waals surface area contributed by atoms with Crippen LogP contribution < -0.4 is 10.1 Å². The molecule has 0 radical (unpaired) electrons. The van der Waals surface area contributed by atoms with Crippen molar-refractivity contribution in [3.63, 3.8) is 0 Å². The van der Waals surface area contributed by atoms with Crippen molar-refractivity contribution in [2.45, 2.75) is 26.0 Å². The molecule has 1 aliphatic rings. The van der Waals surface area contributed by atoms with Crippen LogP contribution in [0.1, 0.15) is 25.0 Å². The molecule has 0 aliphatic carbocycles. The number of rotatable bonds is 4. The Labute approximate surface area is 156 Å². The van der Waals surface area contributed by atoms with E-state index in [0.717, 1.165) is 11.3 Å². The topological polar surface area (TPSA) is 33.6 Å². The fourth-order valence-corrected chi connectivity index (χ4v) is 3.07. The zero-order valence-corrected chi connectivity index (χ0v) is 15.5. The first-order chi connectivity index (χ1) is 12.0. The maximum atomic E-state index is 14.6. The van der Waals surface area contributed by atoms with E-state index in [0.29, 0.717) is 22.8 Å². The van der Waals surface area contributed by atoms with Crippen molar-refractivity contribution in [1.29, 1.82) is 0 Å². The smallest absolute Gasteiger partial charge is 0.165 e. The van der Waals surface area contributed by atoms with Crippen LogP contribution in [0, 0.1) is 5.82 Å². The molecular formula is C19H18ClFN2OS. The van der Waals surface area contributed by atoms with Crippen LogP contribution in [-0.4, -0.2) is 29.8 Å². The summed E-state index contributed by atoms with van der Waals surface area (Å²) in [6, 6.07) is 10.4. The summed E-state index contributed by atoms with van der Waals surface area (Å²) in [6.45, 7) is 4.16. The van der Waals surface area contributed by atoms with E-state index in [-0.39, 0.29) is 17.9 Å². The lowest BCUT2D eigenvalue weighted by atomic mass is 10.00. The fourth-order valence-electron chi connectivity index (χ4n) is 2.69. The van der Waals surface area contributed by atoms with E-state index in [2.05, 4.69) is 10.3 Å². The highest BCUT2D eigenvalue weighted by Gasteiger charge is 2.23. The Balaban J connectivity index is 2.16. The molecule has 3 nitrogen and oxygen atoms in total. The molecule has 2 aromatic carbocycles. The maximum Gasteiger partial charge on any atom is 0.165 e. The Kier molecular flexibility index (Phi) is 5.35. The van der Waals surface area contributed by atoms with E-state index < -0.39 is 5.82 Å². The van der Waals surface area contributed by atoms with Crippen molar-refractivity contribution in [2.75, 3.05) is 11.9 Å². The summed E-state index contributed by atoms with van der Waals surface area (Å²) < 4.78 is 20.1. The highest BCUT2D eigenvalue weighted by molar-refractivity contribution is 7.79. The number of thiocarbonyl (C=S) groups is 1. The van der Waals surface area contributed by atoms with Gasteiger partial charge in [0.05, 0.1) is 24.4 Å². The summed E-state index contributed by atoms with van der Waals surface area (Å²) in [5, 5.41) is 5.49. The third-order valence-electron chi connectivity index (χ3n) is 3.77. The molecule has 0 bridgehead atoms. The minimum Gasteiger partial charge on any atom is -0.488 e. The van der Waals surface area contributed by atoms with Gasteiger partial charge in [-0.25, -0.2) is 4.39 Å². The van der Waals surface area contributed by atoms with E-state index in [1.165, 1.54) is 6.07 Å². The van der Waals surface area contributed by atoms with Crippen molar-refractivity contribution in [3.8, 4) is 5.75 Å². The van der Waals surface area contributed by atoms with Crippen LogP contribution in [0.4, 0.5) is 10.1 Å². The Hall–Kier alpha value is -1.98. The molecule has 1 heterocycles. The van der Waals surface area contributed by atoms with Gasteiger partial charge in [-0.05, 0) is 26.0 Å². The minimum atomic E-state index is -0.435. The largest absolute Gasteiger partial charge is 0.488 e. The molecule has 3 rings (SSSR count). The van der Waals surface area contributed by atoms with E-state index in [1.54, 1.807) is 17.5 Å². The SMILES string of the molecule is CC(C)Oc1cc2c(cc1F)C(c1ccccc1Cl)=NCC(C=S)N2. The normalized spacial score (nSPS) is 16.5. The van der Waals surface area contributed by atoms with Crippen molar-refractivity contribution in [2.24, 2.45) is 4.99 Å². The highest BCUT2D eigenvalue weighted by atomic mass is 35.5. The molecule has 0 saturated carbocycles. The molecule has 0 fully saturated rings. The summed E-state index contributed by atoms with van der Waals surface area (Å²) in [5.74, 6) is -0.236. The molecule has 1 N–H and O–H groups in total. The van der Waals surface area contributed by atoms with Crippen LogP contribution in [0.25, 0.3) is 0 Å². The van der Waals surface area contributed by atoms with E-state index in [4.69, 9.17) is 28.6 Å². The predicted octanol–water partition coefficient (Wildman–Crippen LogP) is 4.90. The van der Waals surface area contributed by atoms with E-state index >= 15 is 0 Å². The number of fused-ring (bicyclic) bond motifs is 1. The van der Waals surface area contributed by atoms with Crippen LogP contribution in [0.2, 0.25) is 5.02 Å². The Morgan fingerprint density at radius 2 is 2.08 bits per heavy atom. The van der Waals surface area contributed by atoms with Gasteiger partial charge in [-0.15, -0.1) is 0 Å². The molecule has 1 atom stereocenters. The molecular weight excluding hydrogens is 359 g/mol. The summed E-state index contributed by atoms with van der Waals surface area (Å²) in [4.78, 5) is 4.64. The van der Waals surface area contributed by atoms with Gasteiger partial charge in [-0.1, -0.05) is 42.0 Å². The molecule has 1 aliphatic heterocycles. The Bertz CT molecular complexity index is 838. The molecule has 25 heavy (non-hydrogen) atoms. The maximum absolute atomic E-state index is 14.6. The highest BCUT2D eigenvalue weighted by Crippen LogP contribution is 2.32. The second-order valence-corrected chi connectivity index (χ2v) is 6.73. The zero-order valence-electron chi connectivity index (χ0n) is 13.9. The van der Waals surface area contributed by atoms with Crippen LogP contribution in [0.5, 0.6) is 5.75 Å². The van der Waals surface area contributed by atoms with Gasteiger partial charge in [0.25, 0.3) is 0 Å². The molecule has 0 amide bonds.